The molecule has 1 rings (SSSR count). The van der Waals surface area contributed by atoms with Crippen molar-refractivity contribution in [1.29, 1.82) is 0 Å². The highest BCUT2D eigenvalue weighted by atomic mass is 28.4. The first-order valence-electron chi connectivity index (χ1n) is 7.81. The Morgan fingerprint density at radius 3 is 2.36 bits per heavy atom. The van der Waals surface area contributed by atoms with Crippen LogP contribution < -0.4 is 5.12 Å². The molecule has 0 saturated carbocycles. The molecule has 0 aliphatic heterocycles. The van der Waals surface area contributed by atoms with Gasteiger partial charge in [0.05, 0.1) is 6.54 Å². The topological polar surface area (TPSA) is 32.8 Å². The average Bonchev–Trinajstić information content (AvgIpc) is 2.55. The van der Waals surface area contributed by atoms with E-state index in [1.54, 1.807) is 0 Å². The number of urea groups is 1. The van der Waals surface area contributed by atoms with Crippen LogP contribution >= 0.6 is 0 Å². The maximum absolute atomic E-state index is 13.8. The molecule has 4 nitrogen and oxygen atoms in total. The largest absolute Gasteiger partial charge is 0.418 e. The van der Waals surface area contributed by atoms with Gasteiger partial charge in [-0.15, -0.1) is 5.12 Å². The van der Waals surface area contributed by atoms with Gasteiger partial charge in [-0.05, 0) is 44.6 Å². The molecule has 0 atom stereocenters. The smallest absolute Gasteiger partial charge is 0.381 e. The van der Waals surface area contributed by atoms with Gasteiger partial charge in [-0.3, -0.25) is 0 Å². The molecule has 0 spiro atoms. The highest BCUT2D eigenvalue weighted by Crippen LogP contribution is 2.25. The van der Waals surface area contributed by atoms with Gasteiger partial charge in [0.25, 0.3) is 0 Å². The van der Waals surface area contributed by atoms with Gasteiger partial charge in [-0.25, -0.2) is 18.0 Å². The molecular formula is C15H21F5N2O2Si. The Morgan fingerprint density at radius 1 is 1.12 bits per heavy atom. The number of halogens is 5. The molecule has 0 saturated heterocycles. The monoisotopic (exact) mass is 384 g/mol. The van der Waals surface area contributed by atoms with Crippen molar-refractivity contribution in [2.75, 3.05) is 18.3 Å². The fraction of sp³-hybridized carbons (Fsp3) is 0.533. The number of unbranched alkanes of at least 4 members (excludes halogenated alkanes) is 1. The van der Waals surface area contributed by atoms with Crippen LogP contribution in [0.1, 0.15) is 19.8 Å². The summed E-state index contributed by atoms with van der Waals surface area (Å²) in [5.74, 6) is -5.39. The number of anilines is 1. The SMILES string of the molecule is CCO[Si](C)(C)CCCCN(F)C(=O)N(F)c1ccc(F)c(F)c1F. The molecule has 2 amide bonds. The molecule has 0 heterocycles. The fourth-order valence-corrected chi connectivity index (χ4v) is 4.25. The van der Waals surface area contributed by atoms with Gasteiger partial charge < -0.3 is 4.43 Å². The van der Waals surface area contributed by atoms with E-state index in [0.29, 0.717) is 25.2 Å². The molecule has 0 aromatic heterocycles. The zero-order valence-corrected chi connectivity index (χ0v) is 15.3. The van der Waals surface area contributed by atoms with Gasteiger partial charge in [-0.1, -0.05) is 15.4 Å². The lowest BCUT2D eigenvalue weighted by Gasteiger charge is -2.22. The molecule has 0 fully saturated rings. The van der Waals surface area contributed by atoms with E-state index in [4.69, 9.17) is 4.43 Å². The summed E-state index contributed by atoms with van der Waals surface area (Å²) in [5.41, 5.74) is -1.20. The first-order chi connectivity index (χ1) is 11.6. The van der Waals surface area contributed by atoms with Gasteiger partial charge in [0.1, 0.15) is 5.69 Å². The summed E-state index contributed by atoms with van der Waals surface area (Å²) < 4.78 is 72.4. The van der Waals surface area contributed by atoms with Crippen LogP contribution in [0.4, 0.5) is 32.6 Å². The van der Waals surface area contributed by atoms with Crippen molar-refractivity contribution >= 4 is 20.0 Å². The highest BCUT2D eigenvalue weighted by molar-refractivity contribution is 6.71. The minimum Gasteiger partial charge on any atom is -0.418 e. The highest BCUT2D eigenvalue weighted by Gasteiger charge is 2.28. The summed E-state index contributed by atoms with van der Waals surface area (Å²) in [6.45, 7) is 6.06. The van der Waals surface area contributed by atoms with Crippen LogP contribution in [0.15, 0.2) is 12.1 Å². The number of amides is 2. The molecule has 0 aliphatic carbocycles. The lowest BCUT2D eigenvalue weighted by Crippen LogP contribution is -2.35. The van der Waals surface area contributed by atoms with Crippen LogP contribution in [0.5, 0.6) is 0 Å². The standard InChI is InChI=1S/C15H21F5N2O2Si/c1-4-24-25(2,3)10-6-5-9-21(19)15(23)22(20)12-8-7-11(16)13(17)14(12)18/h7-8H,4-6,9-10H2,1-3H3. The van der Waals surface area contributed by atoms with Crippen LogP contribution in [0.3, 0.4) is 0 Å². The van der Waals surface area contributed by atoms with Crippen molar-refractivity contribution in [3.8, 4) is 0 Å². The number of hydrogen-bond donors (Lipinski definition) is 0. The predicted octanol–water partition coefficient (Wildman–Crippen LogP) is 5.12. The van der Waals surface area contributed by atoms with Gasteiger partial charge >= 0.3 is 6.03 Å². The zero-order valence-electron chi connectivity index (χ0n) is 14.3. The second kappa shape index (κ2) is 9.14. The van der Waals surface area contributed by atoms with Crippen molar-refractivity contribution < 1.29 is 31.4 Å². The molecule has 0 N–H and O–H groups in total. The lowest BCUT2D eigenvalue weighted by atomic mass is 10.3. The lowest BCUT2D eigenvalue weighted by molar-refractivity contribution is 0.0620. The number of rotatable bonds is 8. The van der Waals surface area contributed by atoms with Crippen LogP contribution in [0.2, 0.25) is 19.1 Å². The van der Waals surface area contributed by atoms with E-state index >= 15 is 0 Å². The summed E-state index contributed by atoms with van der Waals surface area (Å²) in [7, 11) is -1.83. The van der Waals surface area contributed by atoms with Crippen molar-refractivity contribution in [3.05, 3.63) is 29.6 Å². The van der Waals surface area contributed by atoms with E-state index in [-0.39, 0.29) is 6.42 Å². The van der Waals surface area contributed by atoms with E-state index in [9.17, 15) is 26.9 Å². The summed E-state index contributed by atoms with van der Waals surface area (Å²) in [6, 6.07) is -0.127. The summed E-state index contributed by atoms with van der Waals surface area (Å²) >= 11 is 0. The van der Waals surface area contributed by atoms with Gasteiger partial charge in [0.2, 0.25) is 0 Å². The Morgan fingerprint density at radius 2 is 1.76 bits per heavy atom. The zero-order chi connectivity index (χ0) is 19.2. The number of carbonyl (C=O) groups is 1. The third-order valence-electron chi connectivity index (χ3n) is 3.52. The molecule has 1 aromatic carbocycles. The Bertz CT molecular complexity index is 604. The maximum atomic E-state index is 13.8. The Hall–Kier alpha value is -1.68. The number of benzene rings is 1. The van der Waals surface area contributed by atoms with Gasteiger partial charge in [-0.2, -0.15) is 5.12 Å². The molecular weight excluding hydrogens is 363 g/mol. The Labute approximate surface area is 144 Å². The van der Waals surface area contributed by atoms with Gasteiger partial charge in [0, 0.05) is 6.61 Å². The first kappa shape index (κ1) is 21.4. The molecule has 25 heavy (non-hydrogen) atoms. The van der Waals surface area contributed by atoms with Crippen molar-refractivity contribution in [1.82, 2.24) is 5.12 Å². The third-order valence-corrected chi connectivity index (χ3v) is 6.15. The molecule has 0 radical (unpaired) electrons. The maximum Gasteiger partial charge on any atom is 0.381 e. The Kier molecular flexibility index (Phi) is 7.81. The third kappa shape index (κ3) is 5.96. The minimum atomic E-state index is -1.94. The second-order valence-corrected chi connectivity index (χ2v) is 10.3. The molecule has 0 bridgehead atoms. The van der Waals surface area contributed by atoms with E-state index in [1.165, 1.54) is 0 Å². The quantitative estimate of drug-likeness (QED) is 0.205. The minimum absolute atomic E-state index is 0.250. The van der Waals surface area contributed by atoms with Crippen LogP contribution in [-0.2, 0) is 4.43 Å². The van der Waals surface area contributed by atoms with Crippen LogP contribution in [-0.4, -0.2) is 32.6 Å². The number of carbonyl (C=O) groups excluding carboxylic acids is 1. The first-order valence-corrected chi connectivity index (χ1v) is 10.9. The van der Waals surface area contributed by atoms with E-state index in [2.05, 4.69) is 0 Å². The van der Waals surface area contributed by atoms with Crippen molar-refractivity contribution in [3.63, 3.8) is 0 Å². The molecule has 142 valence electrons. The van der Waals surface area contributed by atoms with E-state index < -0.39 is 54.3 Å². The predicted molar refractivity (Wildman–Crippen MR) is 86.3 cm³/mol. The summed E-state index contributed by atoms with van der Waals surface area (Å²) in [5, 5.41) is -1.33. The average molecular weight is 384 g/mol. The fourth-order valence-electron chi connectivity index (χ4n) is 2.23. The molecule has 10 heteroatoms. The summed E-state index contributed by atoms with van der Waals surface area (Å²) in [4.78, 5) is 11.6. The van der Waals surface area contributed by atoms with Crippen LogP contribution in [0, 0.1) is 17.5 Å². The molecule has 0 aliphatic rings. The molecule has 0 unspecified atom stereocenters. The molecule has 1 aromatic rings. The second-order valence-electron chi connectivity index (χ2n) is 5.99. The van der Waals surface area contributed by atoms with Crippen molar-refractivity contribution in [2.45, 2.75) is 38.9 Å². The van der Waals surface area contributed by atoms with E-state index in [1.807, 2.05) is 20.0 Å². The van der Waals surface area contributed by atoms with E-state index in [0.717, 1.165) is 6.04 Å². The van der Waals surface area contributed by atoms with Crippen molar-refractivity contribution in [2.24, 2.45) is 0 Å². The Balaban J connectivity index is 2.58. The normalized spacial score (nSPS) is 11.5. The number of hydrogen-bond acceptors (Lipinski definition) is 2. The van der Waals surface area contributed by atoms with Crippen LogP contribution in [0.25, 0.3) is 0 Å². The number of nitrogens with zero attached hydrogens (tertiary/aromatic N) is 2. The summed E-state index contributed by atoms with van der Waals surface area (Å²) in [6.07, 6.45) is 0.818. The van der Waals surface area contributed by atoms with Gasteiger partial charge in [0.15, 0.2) is 25.8 Å².